The number of benzene rings is 2. The maximum absolute atomic E-state index is 14.1. The van der Waals surface area contributed by atoms with Gasteiger partial charge in [0.25, 0.3) is 5.91 Å². The van der Waals surface area contributed by atoms with Crippen molar-refractivity contribution in [1.29, 1.82) is 5.26 Å². The van der Waals surface area contributed by atoms with Crippen molar-refractivity contribution in [2.24, 2.45) is 16.2 Å². The van der Waals surface area contributed by atoms with Crippen LogP contribution in [0.3, 0.4) is 0 Å². The highest BCUT2D eigenvalue weighted by atomic mass is 32.1. The number of carbonyl (C=O) groups excluding carboxylic acids is 4. The predicted octanol–water partition coefficient (Wildman–Crippen LogP) is 7.27. The van der Waals surface area contributed by atoms with Gasteiger partial charge in [0.1, 0.15) is 30.9 Å². The summed E-state index contributed by atoms with van der Waals surface area (Å²) in [6.07, 6.45) is 2.99. The summed E-state index contributed by atoms with van der Waals surface area (Å²) in [6, 6.07) is 16.9. The third-order valence-electron chi connectivity index (χ3n) is 13.3. The molecular formula is C52H68N8O7S. The van der Waals surface area contributed by atoms with Gasteiger partial charge >= 0.3 is 0 Å². The summed E-state index contributed by atoms with van der Waals surface area (Å²) in [6.45, 7) is 20.4. The van der Waals surface area contributed by atoms with Gasteiger partial charge in [0.15, 0.2) is 0 Å². The van der Waals surface area contributed by atoms with Gasteiger partial charge in [-0.3, -0.25) is 19.2 Å². The molecule has 2 aromatic carbocycles. The zero-order chi connectivity index (χ0) is 49.6. The molecule has 4 amide bonds. The average molecular weight is 949 g/mol. The van der Waals surface area contributed by atoms with E-state index >= 15 is 0 Å². The summed E-state index contributed by atoms with van der Waals surface area (Å²) < 4.78 is 12.0. The number of ether oxygens (including phenoxy) is 2. The first-order valence-corrected chi connectivity index (χ1v) is 24.3. The van der Waals surface area contributed by atoms with E-state index in [1.54, 1.807) is 17.4 Å². The first-order chi connectivity index (χ1) is 32.1. The number of aliphatic hydroxyl groups is 1. The zero-order valence-electron chi connectivity index (χ0n) is 41.1. The molecule has 1 saturated carbocycles. The fraction of sp³-hybridized carbons (Fsp3) is 0.519. The number of nitrogens with one attached hydrogen (secondary N) is 4. The van der Waals surface area contributed by atoms with Crippen LogP contribution in [0.2, 0.25) is 0 Å². The third kappa shape index (κ3) is 12.0. The van der Waals surface area contributed by atoms with Crippen LogP contribution in [0, 0.1) is 41.4 Å². The van der Waals surface area contributed by atoms with E-state index in [-0.39, 0.29) is 60.4 Å². The first kappa shape index (κ1) is 51.5. The van der Waals surface area contributed by atoms with Crippen LogP contribution >= 0.6 is 11.3 Å². The highest BCUT2D eigenvalue weighted by Crippen LogP contribution is 2.55. The Kier molecular flexibility index (Phi) is 16.4. The Hall–Kier alpha value is -5.89. The monoisotopic (exact) mass is 948 g/mol. The number of rotatable bonds is 19. The van der Waals surface area contributed by atoms with Crippen LogP contribution in [-0.2, 0) is 19.1 Å². The smallest absolute Gasteiger partial charge is 0.251 e. The predicted molar refractivity (Wildman–Crippen MR) is 263 cm³/mol. The number of unbranched alkanes of at least 4 members (excludes halogenated alkanes) is 2. The lowest BCUT2D eigenvalue weighted by Crippen LogP contribution is -2.74. The summed E-state index contributed by atoms with van der Waals surface area (Å²) in [7, 11) is 0. The number of carbonyl (C=O) groups is 4. The normalized spacial score (nSPS) is 20.3. The Bertz CT molecular complexity index is 2440. The van der Waals surface area contributed by atoms with Crippen LogP contribution in [0.25, 0.3) is 10.4 Å². The molecule has 3 heterocycles. The van der Waals surface area contributed by atoms with Gasteiger partial charge in [0.2, 0.25) is 23.6 Å². The lowest BCUT2D eigenvalue weighted by atomic mass is 9.49. The van der Waals surface area contributed by atoms with Crippen LogP contribution in [0.1, 0.15) is 120 Å². The fourth-order valence-electron chi connectivity index (χ4n) is 9.71. The highest BCUT2D eigenvalue weighted by Gasteiger charge is 2.64. The van der Waals surface area contributed by atoms with Crippen molar-refractivity contribution in [1.82, 2.24) is 30.8 Å². The van der Waals surface area contributed by atoms with E-state index in [0.29, 0.717) is 30.2 Å². The Morgan fingerprint density at radius 2 is 1.66 bits per heavy atom. The van der Waals surface area contributed by atoms with Crippen molar-refractivity contribution in [3.63, 3.8) is 0 Å². The molecule has 16 heteroatoms. The molecule has 6 rings (SSSR count). The van der Waals surface area contributed by atoms with Crippen LogP contribution in [-0.4, -0.2) is 100 Å². The number of nitrogens with zero attached hydrogens (tertiary/aromatic N) is 4. The third-order valence-corrected chi connectivity index (χ3v) is 14.3. The number of pyridine rings is 1. The van der Waals surface area contributed by atoms with Gasteiger partial charge in [-0.2, -0.15) is 5.26 Å². The number of nitriles is 1. The molecule has 1 aliphatic heterocycles. The molecule has 5 N–H and O–H groups in total. The van der Waals surface area contributed by atoms with Gasteiger partial charge in [-0.05, 0) is 86.4 Å². The lowest BCUT2D eigenvalue weighted by molar-refractivity contribution is -0.165. The Morgan fingerprint density at radius 3 is 2.28 bits per heavy atom. The van der Waals surface area contributed by atoms with Crippen molar-refractivity contribution < 1.29 is 33.8 Å². The minimum atomic E-state index is -0.951. The van der Waals surface area contributed by atoms with Crippen LogP contribution < -0.4 is 26.0 Å². The number of hydrogen-bond donors (Lipinski definition) is 5. The molecule has 2 aromatic heterocycles. The fourth-order valence-corrected chi connectivity index (χ4v) is 10.5. The van der Waals surface area contributed by atoms with Gasteiger partial charge in [0, 0.05) is 66.5 Å². The molecule has 68 heavy (non-hydrogen) atoms. The number of aliphatic hydroxyl groups excluding tert-OH is 1. The topological polar surface area (TPSA) is 208 Å². The number of thiazole rings is 1. The highest BCUT2D eigenvalue weighted by molar-refractivity contribution is 7.13. The lowest BCUT2D eigenvalue weighted by Gasteiger charge is -2.62. The second-order valence-electron chi connectivity index (χ2n) is 20.5. The number of anilines is 1. The summed E-state index contributed by atoms with van der Waals surface area (Å²) in [5.74, 6) is -0.928. The molecule has 15 nitrogen and oxygen atoms in total. The van der Waals surface area contributed by atoms with Crippen LogP contribution in [0.4, 0.5) is 5.69 Å². The van der Waals surface area contributed by atoms with Crippen molar-refractivity contribution in [2.75, 3.05) is 31.6 Å². The summed E-state index contributed by atoms with van der Waals surface area (Å²) >= 11 is 1.57. The first-order valence-electron chi connectivity index (χ1n) is 23.5. The van der Waals surface area contributed by atoms with E-state index < -0.39 is 35.4 Å². The van der Waals surface area contributed by atoms with E-state index in [1.807, 2.05) is 95.6 Å². The van der Waals surface area contributed by atoms with Gasteiger partial charge < -0.3 is 40.7 Å². The van der Waals surface area contributed by atoms with Gasteiger partial charge in [0.05, 0.1) is 33.8 Å². The molecule has 0 bridgehead atoms. The van der Waals surface area contributed by atoms with Crippen molar-refractivity contribution in [2.45, 2.75) is 131 Å². The van der Waals surface area contributed by atoms with Gasteiger partial charge in [-0.15, -0.1) is 11.3 Å². The van der Waals surface area contributed by atoms with Gasteiger partial charge in [-0.25, -0.2) is 9.97 Å². The quantitative estimate of drug-likeness (QED) is 0.0591. The van der Waals surface area contributed by atoms with E-state index in [1.165, 1.54) is 11.1 Å². The van der Waals surface area contributed by atoms with Gasteiger partial charge in [-0.1, -0.05) is 72.7 Å². The van der Waals surface area contributed by atoms with E-state index in [2.05, 4.69) is 65.0 Å². The van der Waals surface area contributed by atoms with Crippen LogP contribution in [0.5, 0.6) is 5.88 Å². The van der Waals surface area contributed by atoms with Crippen molar-refractivity contribution in [3.8, 4) is 22.4 Å². The molecule has 0 radical (unpaired) electrons. The van der Waals surface area contributed by atoms with Crippen LogP contribution in [0.15, 0.2) is 66.3 Å². The molecule has 2 fully saturated rings. The van der Waals surface area contributed by atoms with E-state index in [0.717, 1.165) is 52.2 Å². The molecule has 1 aliphatic carbocycles. The SMILES string of the molecule is Cc1cc(OC2C(C)(C)C(NC(=O)c3ccc(NCCCCCOCC(=O)N[C@H](C(=O)N4C[C@H](O)C[C@H]4C(=O)N[C@@H](C)c4ccc(-c5scnc5C)cc4)C(C)(C)C)cc3)C2(C)C)ncc1C#N. The Balaban J connectivity index is 0.887. The number of amides is 4. The summed E-state index contributed by atoms with van der Waals surface area (Å²) in [5.41, 5.74) is 6.06. The second kappa shape index (κ2) is 21.6. The standard InChI is InChI=1S/C52H68N8O7S/c1-31-24-42(55-27-37(31)26-53)67-49-51(7,8)48(52(49,9)10)59-45(63)36-18-20-38(21-19-36)54-22-12-11-13-23-66-29-41(62)58-44(50(4,5)6)47(65)60-28-39(61)25-40(60)46(64)57-32(2)34-14-16-35(17-15-34)43-33(3)56-30-68-43/h14-21,24,27,30,32,39-40,44,48-49,54,61H,11-13,22-23,25,28-29H2,1-10H3,(H,57,64)(H,58,62)(H,59,63)/t32-,39+,40-,44+,48?,49?/m0/s1. The molecule has 0 unspecified atom stereocenters. The summed E-state index contributed by atoms with van der Waals surface area (Å²) in [4.78, 5) is 65.3. The number of β-amino-alcohol motifs (C(OH)–C–C–N with tert-alkyl or cyclic N) is 1. The van der Waals surface area contributed by atoms with E-state index in [9.17, 15) is 29.5 Å². The number of likely N-dealkylation sites (tertiary alicyclic amines) is 1. The minimum absolute atomic E-state index is 0.0123. The van der Waals surface area contributed by atoms with E-state index in [4.69, 9.17) is 9.47 Å². The average Bonchev–Trinajstić information content (AvgIpc) is 3.91. The number of hydrogen-bond acceptors (Lipinski definition) is 12. The molecular weight excluding hydrogens is 881 g/mol. The Labute approximate surface area is 404 Å². The minimum Gasteiger partial charge on any atom is -0.473 e. The molecule has 4 aromatic rings. The molecule has 2 aliphatic rings. The molecule has 0 spiro atoms. The number of aryl methyl sites for hydroxylation is 2. The molecule has 4 atom stereocenters. The van der Waals surface area contributed by atoms with Crippen molar-refractivity contribution in [3.05, 3.63) is 94.3 Å². The largest absolute Gasteiger partial charge is 0.473 e. The maximum Gasteiger partial charge on any atom is 0.251 e. The molecule has 364 valence electrons. The maximum atomic E-state index is 14.1. The Morgan fingerprint density at radius 1 is 0.971 bits per heavy atom. The summed E-state index contributed by atoms with van der Waals surface area (Å²) in [5, 5.41) is 32.4. The second-order valence-corrected chi connectivity index (χ2v) is 21.4. The number of aromatic nitrogens is 2. The molecule has 1 saturated heterocycles. The zero-order valence-corrected chi connectivity index (χ0v) is 41.9. The van der Waals surface area contributed by atoms with Crippen molar-refractivity contribution >= 4 is 40.7 Å².